The molecule has 14 heteroatoms. The summed E-state index contributed by atoms with van der Waals surface area (Å²) in [7, 11) is -5.17. The molecule has 0 aliphatic carbocycles. The molecule has 14 heavy (non-hydrogen) atoms. The summed E-state index contributed by atoms with van der Waals surface area (Å²) in [5.41, 5.74) is 0. The monoisotopic (exact) mass is 295 g/mol. The Labute approximate surface area is 90.1 Å². The number of hydrogen-bond acceptors (Lipinski definition) is 5. The van der Waals surface area contributed by atoms with Crippen LogP contribution in [0.5, 0.6) is 0 Å². The Balaban J connectivity index is -0.00000000222. The fourth-order valence-electron chi connectivity index (χ4n) is 0. The summed E-state index contributed by atoms with van der Waals surface area (Å²) in [4.78, 5) is 0. The molecule has 0 heterocycles. The first-order valence-electron chi connectivity index (χ1n) is 0.667. The molecule has 0 fully saturated rings. The summed E-state index contributed by atoms with van der Waals surface area (Å²) in [6.45, 7) is 0. The van der Waals surface area contributed by atoms with Gasteiger partial charge < -0.3 is 53.6 Å². The molecule has 0 aromatic carbocycles. The van der Waals surface area contributed by atoms with E-state index in [1.807, 2.05) is 0 Å². The van der Waals surface area contributed by atoms with Gasteiger partial charge in [-0.05, 0) is 0 Å². The van der Waals surface area contributed by atoms with Crippen molar-refractivity contribution in [2.75, 3.05) is 0 Å². The summed E-state index contributed by atoms with van der Waals surface area (Å²) in [5.74, 6) is 0. The zero-order valence-electron chi connectivity index (χ0n) is 6.60. The van der Waals surface area contributed by atoms with Gasteiger partial charge in [0.05, 0.1) is 0 Å². The van der Waals surface area contributed by atoms with Crippen LogP contribution >= 0.6 is 0 Å². The van der Waals surface area contributed by atoms with Crippen LogP contribution in [0.25, 0.3) is 0 Å². The Morgan fingerprint density at radius 1 is 0.643 bits per heavy atom. The van der Waals surface area contributed by atoms with E-state index >= 15 is 0 Å². The third-order valence-electron chi connectivity index (χ3n) is 0. The zero-order valence-corrected chi connectivity index (χ0v) is 8.52. The molecule has 0 saturated carbocycles. The summed E-state index contributed by atoms with van der Waals surface area (Å²) >= 11 is 0. The van der Waals surface area contributed by atoms with Crippen molar-refractivity contribution in [2.24, 2.45) is 0 Å². The van der Waals surface area contributed by atoms with E-state index in [9.17, 15) is 0 Å². The molecule has 0 radical (unpaired) electrons. The van der Waals surface area contributed by atoms with Crippen LogP contribution in [0, 0.1) is 0 Å². The van der Waals surface area contributed by atoms with Crippen LogP contribution in [0.15, 0.2) is 0 Å². The first kappa shape index (κ1) is 145. The van der Waals surface area contributed by atoms with E-state index in [2.05, 4.69) is 0 Å². The van der Waals surface area contributed by atoms with Gasteiger partial charge in [0.25, 0.3) is 0 Å². The van der Waals surface area contributed by atoms with Crippen LogP contribution in [0.2, 0.25) is 0 Å². The normalized spacial score (nSPS) is 4.14. The van der Waals surface area contributed by atoms with Crippen LogP contribution in [0.1, 0.15) is 0 Å². The maximum atomic E-state index is 8.52. The van der Waals surface area contributed by atoms with Crippen molar-refractivity contribution >= 4 is 10.4 Å². The second-order valence-corrected chi connectivity index (χ2v) is 1.22. The molecule has 0 aromatic heterocycles. The Morgan fingerprint density at radius 2 is 0.643 bits per heavy atom. The fraction of sp³-hybridized carbons (Fsp3) is 0. The van der Waals surface area contributed by atoms with Crippen molar-refractivity contribution in [1.29, 1.82) is 0 Å². The average molecular weight is 295 g/mol. The van der Waals surface area contributed by atoms with E-state index in [4.69, 9.17) is 17.5 Å². The van der Waals surface area contributed by atoms with Crippen molar-refractivity contribution in [2.45, 2.75) is 0 Å². The molecule has 0 bridgehead atoms. The largest absolute Gasteiger partial charge is 2.00 e. The molecule has 17 N–H and O–H groups in total. The van der Waals surface area contributed by atoms with Gasteiger partial charge in [-0.25, -0.2) is 0 Å². The first-order valence-corrected chi connectivity index (χ1v) is 2.00. The van der Waals surface area contributed by atoms with E-state index in [1.165, 1.54) is 0 Å². The van der Waals surface area contributed by atoms with Crippen LogP contribution in [0.3, 0.4) is 0 Å². The maximum Gasteiger partial charge on any atom is 2.00 e. The molecule has 0 aliphatic rings. The molecule has 0 rings (SSSR count). The Bertz CT molecular complexity index is 98.5. The van der Waals surface area contributed by atoms with Crippen molar-refractivity contribution in [1.82, 2.24) is 6.15 Å². The second kappa shape index (κ2) is 51.7. The second-order valence-electron chi connectivity index (χ2n) is 0.408. The quantitative estimate of drug-likeness (QED) is 0.257. The molecule has 0 saturated heterocycles. The predicted molar refractivity (Wildman–Crippen MR) is 40.8 cm³/mol. The van der Waals surface area contributed by atoms with E-state index in [0.29, 0.717) is 0 Å². The fourth-order valence-corrected chi connectivity index (χ4v) is 0. The van der Waals surface area contributed by atoms with Gasteiger partial charge in [0.2, 0.25) is 0 Å². The minimum absolute atomic E-state index is 0. The molecular weight excluding hydrogens is 278 g/mol. The SMILES string of the molecule is N.O.O.O.O.O.O.O.O=S(=O)([O-])[O-].[Fe+2]. The summed E-state index contributed by atoms with van der Waals surface area (Å²) in [6.07, 6.45) is 0. The smallest absolute Gasteiger partial charge is 0.759 e. The van der Waals surface area contributed by atoms with E-state index in [0.717, 1.165) is 0 Å². The van der Waals surface area contributed by atoms with E-state index in [-0.39, 0.29) is 61.6 Å². The third-order valence-corrected chi connectivity index (χ3v) is 0. The van der Waals surface area contributed by atoms with E-state index in [1.54, 1.807) is 0 Å². The molecule has 0 aliphatic heterocycles. The van der Waals surface area contributed by atoms with Gasteiger partial charge in [0.15, 0.2) is 0 Å². The van der Waals surface area contributed by atoms with E-state index < -0.39 is 10.4 Å². The van der Waals surface area contributed by atoms with Crippen LogP contribution in [-0.2, 0) is 27.5 Å². The van der Waals surface area contributed by atoms with Crippen LogP contribution in [-0.4, -0.2) is 55.9 Å². The first-order chi connectivity index (χ1) is 2.00. The molecule has 0 atom stereocenters. The van der Waals surface area contributed by atoms with Gasteiger partial charge in [-0.1, -0.05) is 0 Å². The van der Waals surface area contributed by atoms with Crippen molar-refractivity contribution < 1.29 is 72.9 Å². The molecule has 0 amide bonds. The topological polar surface area (TPSA) is 336 Å². The average Bonchev–Trinajstić information content (AvgIpc) is 0.722. The molecule has 0 aromatic rings. The standard InChI is InChI=1S/Fe.H3N.H2O4S.7H2O/c;;1-5(2,3)4;;;;;;;/h;1H3;(H2,1,2,3,4);7*1H2/q+2;;;;;;;;;/p-2. The van der Waals surface area contributed by atoms with Gasteiger partial charge in [0.1, 0.15) is 0 Å². The molecule has 0 spiro atoms. The van der Waals surface area contributed by atoms with Crippen LogP contribution in [0.4, 0.5) is 0 Å². The van der Waals surface area contributed by atoms with Gasteiger partial charge >= 0.3 is 17.1 Å². The maximum absolute atomic E-state index is 8.52. The summed E-state index contributed by atoms with van der Waals surface area (Å²) < 4.78 is 34.1. The van der Waals surface area contributed by atoms with Gasteiger partial charge in [-0.2, -0.15) is 0 Å². The van der Waals surface area contributed by atoms with Gasteiger partial charge in [-0.3, -0.25) is 8.42 Å². The number of hydrogen-bond donors (Lipinski definition) is 1. The Morgan fingerprint density at radius 3 is 0.643 bits per heavy atom. The van der Waals surface area contributed by atoms with Gasteiger partial charge in [-0.15, -0.1) is 0 Å². The third kappa shape index (κ3) is 306000. The molecular formula is H17FeNO11S. The minimum Gasteiger partial charge on any atom is -0.759 e. The number of rotatable bonds is 0. The molecule has 0 unspecified atom stereocenters. The zero-order chi connectivity index (χ0) is 4.50. The summed E-state index contributed by atoms with van der Waals surface area (Å²) in [5, 5.41) is 0. The molecule has 102 valence electrons. The van der Waals surface area contributed by atoms with Gasteiger partial charge in [0, 0.05) is 10.4 Å². The Hall–Kier alpha value is 0.0695. The predicted octanol–water partition coefficient (Wildman–Crippen LogP) is -6.95. The minimum atomic E-state index is -5.17. The summed E-state index contributed by atoms with van der Waals surface area (Å²) in [6, 6.07) is 0. The van der Waals surface area contributed by atoms with Crippen molar-refractivity contribution in [3.8, 4) is 0 Å². The molecule has 12 nitrogen and oxygen atoms in total. The van der Waals surface area contributed by atoms with Crippen molar-refractivity contribution in [3.63, 3.8) is 0 Å². The van der Waals surface area contributed by atoms with Crippen molar-refractivity contribution in [3.05, 3.63) is 0 Å². The Kier molecular flexibility index (Phi) is 536. The van der Waals surface area contributed by atoms with Crippen LogP contribution < -0.4 is 6.15 Å².